The summed E-state index contributed by atoms with van der Waals surface area (Å²) in [6, 6.07) is 3.38. The first-order valence-corrected chi connectivity index (χ1v) is 8.43. The van der Waals surface area contributed by atoms with Crippen LogP contribution in [0.5, 0.6) is 0 Å². The van der Waals surface area contributed by atoms with Crippen LogP contribution >= 0.6 is 0 Å². The molecule has 25 heavy (non-hydrogen) atoms. The van der Waals surface area contributed by atoms with E-state index in [1.165, 1.54) is 6.20 Å². The third-order valence-electron chi connectivity index (χ3n) is 4.56. The lowest BCUT2D eigenvalue weighted by Crippen LogP contribution is -2.36. The van der Waals surface area contributed by atoms with Crippen LogP contribution in [-0.2, 0) is 13.6 Å². The highest BCUT2D eigenvalue weighted by Gasteiger charge is 2.26. The molecule has 134 valence electrons. The van der Waals surface area contributed by atoms with Crippen LogP contribution in [-0.4, -0.2) is 62.9 Å². The highest BCUT2D eigenvalue weighted by molar-refractivity contribution is 5.87. The van der Waals surface area contributed by atoms with E-state index in [4.69, 9.17) is 5.11 Å². The van der Waals surface area contributed by atoms with E-state index in [9.17, 15) is 4.79 Å². The molecule has 1 aliphatic heterocycles. The zero-order chi connectivity index (χ0) is 18.0. The third kappa shape index (κ3) is 3.79. The zero-order valence-electron chi connectivity index (χ0n) is 14.9. The molecule has 1 N–H and O–H groups in total. The molecule has 2 aromatic rings. The normalized spacial score (nSPS) is 17.9. The van der Waals surface area contributed by atoms with E-state index in [-0.39, 0.29) is 5.56 Å². The summed E-state index contributed by atoms with van der Waals surface area (Å²) in [5, 5.41) is 17.7. The molecule has 0 aliphatic carbocycles. The van der Waals surface area contributed by atoms with Crippen molar-refractivity contribution < 1.29 is 9.90 Å². The molecule has 1 fully saturated rings. The van der Waals surface area contributed by atoms with Gasteiger partial charge in [0.05, 0.1) is 12.1 Å². The standard InChI is InChI=1S/C17H24N6O2/c1-21(2)11-15-19-20-16(22(15)3)13-5-4-8-23(10-13)14-7-6-12(9-18-14)17(24)25/h6-7,9,13H,4-5,8,10-11H2,1-3H3,(H,24,25). The molecular weight excluding hydrogens is 320 g/mol. The van der Waals surface area contributed by atoms with Crippen molar-refractivity contribution in [2.45, 2.75) is 25.3 Å². The highest BCUT2D eigenvalue weighted by Crippen LogP contribution is 2.28. The minimum atomic E-state index is -0.955. The van der Waals surface area contributed by atoms with Crippen LogP contribution in [0.4, 0.5) is 5.82 Å². The van der Waals surface area contributed by atoms with E-state index in [1.54, 1.807) is 12.1 Å². The van der Waals surface area contributed by atoms with Gasteiger partial charge < -0.3 is 19.5 Å². The number of hydrogen-bond donors (Lipinski definition) is 1. The molecular formula is C17H24N6O2. The molecule has 1 unspecified atom stereocenters. The van der Waals surface area contributed by atoms with Gasteiger partial charge in [-0.2, -0.15) is 0 Å². The van der Waals surface area contributed by atoms with Crippen LogP contribution in [0.15, 0.2) is 18.3 Å². The van der Waals surface area contributed by atoms with Gasteiger partial charge in [0.1, 0.15) is 17.5 Å². The van der Waals surface area contributed by atoms with Crippen LogP contribution in [0.2, 0.25) is 0 Å². The summed E-state index contributed by atoms with van der Waals surface area (Å²) in [4.78, 5) is 19.6. The molecule has 2 aromatic heterocycles. The Bertz CT molecular complexity index is 740. The third-order valence-corrected chi connectivity index (χ3v) is 4.56. The summed E-state index contributed by atoms with van der Waals surface area (Å²) in [5.41, 5.74) is 0.207. The van der Waals surface area contributed by atoms with E-state index in [2.05, 4.69) is 29.5 Å². The van der Waals surface area contributed by atoms with Crippen molar-refractivity contribution in [3.63, 3.8) is 0 Å². The second kappa shape index (κ2) is 7.18. The summed E-state index contributed by atoms with van der Waals surface area (Å²) < 4.78 is 2.09. The van der Waals surface area contributed by atoms with E-state index in [0.29, 0.717) is 5.92 Å². The Morgan fingerprint density at radius 3 is 2.80 bits per heavy atom. The van der Waals surface area contributed by atoms with Gasteiger partial charge in [0, 0.05) is 32.3 Å². The fourth-order valence-electron chi connectivity index (χ4n) is 3.25. The molecule has 0 amide bonds. The maximum absolute atomic E-state index is 11.0. The minimum absolute atomic E-state index is 0.207. The predicted molar refractivity (Wildman–Crippen MR) is 93.8 cm³/mol. The van der Waals surface area contributed by atoms with E-state index < -0.39 is 5.97 Å². The van der Waals surface area contributed by atoms with Gasteiger partial charge in [0.2, 0.25) is 0 Å². The predicted octanol–water partition coefficient (Wildman–Crippen LogP) is 1.35. The lowest BCUT2D eigenvalue weighted by Gasteiger charge is -2.33. The van der Waals surface area contributed by atoms with Gasteiger partial charge in [-0.05, 0) is 39.1 Å². The number of pyridine rings is 1. The molecule has 1 aliphatic rings. The van der Waals surface area contributed by atoms with Crippen molar-refractivity contribution in [1.29, 1.82) is 0 Å². The molecule has 3 rings (SSSR count). The molecule has 1 atom stereocenters. The van der Waals surface area contributed by atoms with Crippen molar-refractivity contribution in [1.82, 2.24) is 24.6 Å². The quantitative estimate of drug-likeness (QED) is 0.876. The van der Waals surface area contributed by atoms with Gasteiger partial charge >= 0.3 is 5.97 Å². The molecule has 8 nitrogen and oxygen atoms in total. The molecule has 1 saturated heterocycles. The SMILES string of the molecule is CN(C)Cc1nnc(C2CCCN(c3ccc(C(=O)O)cn3)C2)n1C. The van der Waals surface area contributed by atoms with Crippen LogP contribution in [0.3, 0.4) is 0 Å². The monoisotopic (exact) mass is 344 g/mol. The first kappa shape index (κ1) is 17.3. The average molecular weight is 344 g/mol. The summed E-state index contributed by atoms with van der Waals surface area (Å²) in [6.07, 6.45) is 3.53. The van der Waals surface area contributed by atoms with Crippen LogP contribution < -0.4 is 4.90 Å². The first-order chi connectivity index (χ1) is 12.0. The second-order valence-corrected chi connectivity index (χ2v) is 6.77. The summed E-state index contributed by atoms with van der Waals surface area (Å²) >= 11 is 0. The summed E-state index contributed by atoms with van der Waals surface area (Å²) in [6.45, 7) is 2.49. The Morgan fingerprint density at radius 1 is 1.36 bits per heavy atom. The van der Waals surface area contributed by atoms with Gasteiger partial charge in [-0.3, -0.25) is 0 Å². The molecule has 3 heterocycles. The lowest BCUT2D eigenvalue weighted by molar-refractivity contribution is 0.0696. The Hall–Kier alpha value is -2.48. The first-order valence-electron chi connectivity index (χ1n) is 8.43. The van der Waals surface area contributed by atoms with Gasteiger partial charge in [-0.15, -0.1) is 10.2 Å². The number of aromatic carboxylic acids is 1. The Morgan fingerprint density at radius 2 is 2.16 bits per heavy atom. The summed E-state index contributed by atoms with van der Waals surface area (Å²) in [5.74, 6) is 2.11. The zero-order valence-corrected chi connectivity index (χ0v) is 14.9. The molecule has 0 radical (unpaired) electrons. The number of nitrogens with zero attached hydrogens (tertiary/aromatic N) is 6. The number of carboxylic acids is 1. The van der Waals surface area contributed by atoms with E-state index >= 15 is 0 Å². The second-order valence-electron chi connectivity index (χ2n) is 6.77. The van der Waals surface area contributed by atoms with Gasteiger partial charge in [0.25, 0.3) is 0 Å². The lowest BCUT2D eigenvalue weighted by atomic mass is 9.97. The van der Waals surface area contributed by atoms with Gasteiger partial charge in [0.15, 0.2) is 0 Å². The van der Waals surface area contributed by atoms with Crippen LogP contribution in [0, 0.1) is 0 Å². The topological polar surface area (TPSA) is 87.4 Å². The fraction of sp³-hybridized carbons (Fsp3) is 0.529. The Labute approximate surface area is 147 Å². The minimum Gasteiger partial charge on any atom is -0.478 e. The number of piperidine rings is 1. The Kier molecular flexibility index (Phi) is 4.98. The Balaban J connectivity index is 1.75. The number of carboxylic acid groups (broad SMARTS) is 1. The smallest absolute Gasteiger partial charge is 0.337 e. The molecule has 0 bridgehead atoms. The number of anilines is 1. The van der Waals surface area contributed by atoms with Gasteiger partial charge in [-0.1, -0.05) is 0 Å². The van der Waals surface area contributed by atoms with Crippen molar-refractivity contribution in [3.8, 4) is 0 Å². The van der Waals surface area contributed by atoms with Crippen molar-refractivity contribution in [2.75, 3.05) is 32.1 Å². The maximum Gasteiger partial charge on any atom is 0.337 e. The summed E-state index contributed by atoms with van der Waals surface area (Å²) in [7, 11) is 6.05. The van der Waals surface area contributed by atoms with Crippen molar-refractivity contribution >= 4 is 11.8 Å². The maximum atomic E-state index is 11.0. The van der Waals surface area contributed by atoms with Crippen molar-refractivity contribution in [2.24, 2.45) is 7.05 Å². The van der Waals surface area contributed by atoms with Crippen LogP contribution in [0.25, 0.3) is 0 Å². The average Bonchev–Trinajstić information content (AvgIpc) is 2.95. The molecule has 8 heteroatoms. The fourth-order valence-corrected chi connectivity index (χ4v) is 3.25. The van der Waals surface area contributed by atoms with Crippen molar-refractivity contribution in [3.05, 3.63) is 35.5 Å². The highest BCUT2D eigenvalue weighted by atomic mass is 16.4. The molecule has 0 spiro atoms. The number of hydrogen-bond acceptors (Lipinski definition) is 6. The van der Waals surface area contributed by atoms with E-state index in [1.807, 2.05) is 21.1 Å². The molecule has 0 aromatic carbocycles. The van der Waals surface area contributed by atoms with E-state index in [0.717, 1.165) is 49.9 Å². The largest absolute Gasteiger partial charge is 0.478 e. The molecule has 0 saturated carbocycles. The van der Waals surface area contributed by atoms with Gasteiger partial charge in [-0.25, -0.2) is 9.78 Å². The number of aromatic nitrogens is 4. The number of carbonyl (C=O) groups is 1. The van der Waals surface area contributed by atoms with Crippen LogP contribution in [0.1, 0.15) is 40.8 Å². The number of rotatable bonds is 5.